The molecule has 0 aromatic carbocycles. The maximum atomic E-state index is 11.5. The summed E-state index contributed by atoms with van der Waals surface area (Å²) in [6.07, 6.45) is 8.25. The number of carbonyl (C=O) groups excluding carboxylic acids is 1. The quantitative estimate of drug-likeness (QED) is 0.476. The van der Waals surface area contributed by atoms with E-state index in [9.17, 15) is 4.79 Å². The van der Waals surface area contributed by atoms with Gasteiger partial charge in [-0.05, 0) is 25.2 Å². The highest BCUT2D eigenvalue weighted by molar-refractivity contribution is 5.79. The van der Waals surface area contributed by atoms with Crippen LogP contribution in [0, 0.1) is 11.3 Å². The maximum Gasteiger partial charge on any atom is 0.311 e. The summed E-state index contributed by atoms with van der Waals surface area (Å²) in [5.74, 6) is 0.683. The first-order valence-electron chi connectivity index (χ1n) is 6.23. The van der Waals surface area contributed by atoms with Gasteiger partial charge in [0.1, 0.15) is 0 Å². The average Bonchev–Trinajstić information content (AvgIpc) is 2.98. The van der Waals surface area contributed by atoms with Crippen molar-refractivity contribution >= 4 is 5.97 Å². The van der Waals surface area contributed by atoms with Crippen LogP contribution in [0.3, 0.4) is 0 Å². The standard InChI is InChI=1S/C13H24O2/c1-4-5-6-7-11(2)10-13(8-9-13)12(14)15-3/h11H,4-10H2,1-3H3. The third-order valence-corrected chi connectivity index (χ3v) is 3.51. The first-order valence-corrected chi connectivity index (χ1v) is 6.23. The van der Waals surface area contributed by atoms with Crippen LogP contribution in [0.2, 0.25) is 0 Å². The fourth-order valence-corrected chi connectivity index (χ4v) is 2.37. The number of esters is 1. The van der Waals surface area contributed by atoms with Crippen LogP contribution in [0.5, 0.6) is 0 Å². The van der Waals surface area contributed by atoms with E-state index in [1.165, 1.54) is 32.8 Å². The minimum absolute atomic E-state index is 0.0184. The summed E-state index contributed by atoms with van der Waals surface area (Å²) in [7, 11) is 1.50. The second-order valence-electron chi connectivity index (χ2n) is 5.08. The molecular weight excluding hydrogens is 188 g/mol. The summed E-state index contributed by atoms with van der Waals surface area (Å²) in [6, 6.07) is 0. The zero-order chi connectivity index (χ0) is 11.3. The zero-order valence-corrected chi connectivity index (χ0v) is 10.3. The van der Waals surface area contributed by atoms with Gasteiger partial charge in [-0.3, -0.25) is 4.79 Å². The molecule has 0 radical (unpaired) electrons. The fraction of sp³-hybridized carbons (Fsp3) is 0.923. The average molecular weight is 212 g/mol. The van der Waals surface area contributed by atoms with Gasteiger partial charge in [0.25, 0.3) is 0 Å². The van der Waals surface area contributed by atoms with Crippen molar-refractivity contribution in [1.29, 1.82) is 0 Å². The third kappa shape index (κ3) is 3.51. The second kappa shape index (κ2) is 5.53. The molecule has 1 unspecified atom stereocenters. The predicted octanol–water partition coefficient (Wildman–Crippen LogP) is 3.55. The highest BCUT2D eigenvalue weighted by Crippen LogP contribution is 2.52. The maximum absolute atomic E-state index is 11.5. The Kier molecular flexibility index (Phi) is 4.62. The molecule has 0 aromatic rings. The van der Waals surface area contributed by atoms with Crippen molar-refractivity contribution in [3.05, 3.63) is 0 Å². The SMILES string of the molecule is CCCCCC(C)CC1(C(=O)OC)CC1. The molecule has 1 aliphatic carbocycles. The summed E-state index contributed by atoms with van der Waals surface area (Å²) in [5, 5.41) is 0. The number of carbonyl (C=O) groups is 1. The molecule has 0 N–H and O–H groups in total. The minimum atomic E-state index is -0.0830. The van der Waals surface area contributed by atoms with Crippen LogP contribution in [-0.4, -0.2) is 13.1 Å². The van der Waals surface area contributed by atoms with Gasteiger partial charge in [-0.25, -0.2) is 0 Å². The Morgan fingerprint density at radius 1 is 1.40 bits per heavy atom. The molecule has 0 heterocycles. The summed E-state index contributed by atoms with van der Waals surface area (Å²) in [6.45, 7) is 4.49. The van der Waals surface area contributed by atoms with Gasteiger partial charge < -0.3 is 4.74 Å². The molecule has 1 aliphatic rings. The molecule has 1 atom stereocenters. The van der Waals surface area contributed by atoms with Crippen molar-refractivity contribution in [3.8, 4) is 0 Å². The van der Waals surface area contributed by atoms with E-state index in [0.717, 1.165) is 19.3 Å². The van der Waals surface area contributed by atoms with Crippen LogP contribution >= 0.6 is 0 Å². The van der Waals surface area contributed by atoms with E-state index in [1.807, 2.05) is 0 Å². The number of methoxy groups -OCH3 is 1. The topological polar surface area (TPSA) is 26.3 Å². The van der Waals surface area contributed by atoms with Crippen LogP contribution < -0.4 is 0 Å². The lowest BCUT2D eigenvalue weighted by Crippen LogP contribution is -2.20. The summed E-state index contributed by atoms with van der Waals surface area (Å²) in [4.78, 5) is 11.5. The summed E-state index contributed by atoms with van der Waals surface area (Å²) < 4.78 is 4.87. The lowest BCUT2D eigenvalue weighted by Gasteiger charge is -2.17. The van der Waals surface area contributed by atoms with Gasteiger partial charge in [-0.1, -0.05) is 39.5 Å². The molecule has 0 aliphatic heterocycles. The van der Waals surface area contributed by atoms with Crippen LogP contribution in [0.4, 0.5) is 0 Å². The highest BCUT2D eigenvalue weighted by Gasteiger charge is 2.51. The van der Waals surface area contributed by atoms with Gasteiger partial charge in [0, 0.05) is 0 Å². The molecule has 1 fully saturated rings. The molecule has 88 valence electrons. The molecule has 15 heavy (non-hydrogen) atoms. The van der Waals surface area contributed by atoms with Crippen molar-refractivity contribution in [1.82, 2.24) is 0 Å². The van der Waals surface area contributed by atoms with Crippen molar-refractivity contribution in [2.24, 2.45) is 11.3 Å². The largest absolute Gasteiger partial charge is 0.469 e. The smallest absolute Gasteiger partial charge is 0.311 e. The molecular formula is C13H24O2. The van der Waals surface area contributed by atoms with Crippen molar-refractivity contribution in [2.75, 3.05) is 7.11 Å². The summed E-state index contributed by atoms with van der Waals surface area (Å²) in [5.41, 5.74) is -0.0830. The Bertz CT molecular complexity index is 207. The van der Waals surface area contributed by atoms with Gasteiger partial charge in [0.2, 0.25) is 0 Å². The number of unbranched alkanes of at least 4 members (excludes halogenated alkanes) is 2. The van der Waals surface area contributed by atoms with Crippen LogP contribution in [0.25, 0.3) is 0 Å². The molecule has 0 bridgehead atoms. The Morgan fingerprint density at radius 2 is 2.07 bits per heavy atom. The van der Waals surface area contributed by atoms with Crippen molar-refractivity contribution < 1.29 is 9.53 Å². The fourth-order valence-electron chi connectivity index (χ4n) is 2.37. The lowest BCUT2D eigenvalue weighted by molar-refractivity contribution is -0.147. The first kappa shape index (κ1) is 12.5. The van der Waals surface area contributed by atoms with Gasteiger partial charge >= 0.3 is 5.97 Å². The molecule has 2 nitrogen and oxygen atoms in total. The minimum Gasteiger partial charge on any atom is -0.469 e. The lowest BCUT2D eigenvalue weighted by atomic mass is 9.89. The Balaban J connectivity index is 2.25. The molecule has 0 spiro atoms. The Hall–Kier alpha value is -0.530. The van der Waals surface area contributed by atoms with Crippen molar-refractivity contribution in [2.45, 2.75) is 58.8 Å². The van der Waals surface area contributed by atoms with Crippen LogP contribution in [0.15, 0.2) is 0 Å². The summed E-state index contributed by atoms with van der Waals surface area (Å²) >= 11 is 0. The van der Waals surface area contributed by atoms with E-state index in [0.29, 0.717) is 5.92 Å². The van der Waals surface area contributed by atoms with Gasteiger partial charge in [-0.2, -0.15) is 0 Å². The van der Waals surface area contributed by atoms with E-state index in [4.69, 9.17) is 4.74 Å². The van der Waals surface area contributed by atoms with E-state index in [2.05, 4.69) is 13.8 Å². The predicted molar refractivity (Wildman–Crippen MR) is 61.6 cm³/mol. The van der Waals surface area contributed by atoms with E-state index >= 15 is 0 Å². The van der Waals surface area contributed by atoms with Gasteiger partial charge in [0.15, 0.2) is 0 Å². The molecule has 0 amide bonds. The number of rotatable bonds is 7. The molecule has 2 heteroatoms. The Labute approximate surface area is 93.4 Å². The molecule has 0 aromatic heterocycles. The molecule has 0 saturated heterocycles. The van der Waals surface area contributed by atoms with Gasteiger partial charge in [0.05, 0.1) is 12.5 Å². The normalized spacial score (nSPS) is 19.7. The van der Waals surface area contributed by atoms with Crippen LogP contribution in [0.1, 0.15) is 58.8 Å². The second-order valence-corrected chi connectivity index (χ2v) is 5.08. The molecule has 1 rings (SSSR count). The highest BCUT2D eigenvalue weighted by atomic mass is 16.5. The van der Waals surface area contributed by atoms with Gasteiger partial charge in [-0.15, -0.1) is 0 Å². The Morgan fingerprint density at radius 3 is 2.53 bits per heavy atom. The number of hydrogen-bond donors (Lipinski definition) is 0. The third-order valence-electron chi connectivity index (χ3n) is 3.51. The van der Waals surface area contributed by atoms with E-state index in [-0.39, 0.29) is 11.4 Å². The first-order chi connectivity index (χ1) is 7.14. The van der Waals surface area contributed by atoms with E-state index < -0.39 is 0 Å². The monoisotopic (exact) mass is 212 g/mol. The zero-order valence-electron chi connectivity index (χ0n) is 10.3. The van der Waals surface area contributed by atoms with E-state index in [1.54, 1.807) is 0 Å². The molecule has 1 saturated carbocycles. The number of hydrogen-bond acceptors (Lipinski definition) is 2. The number of ether oxygens (including phenoxy) is 1. The van der Waals surface area contributed by atoms with Crippen LogP contribution in [-0.2, 0) is 9.53 Å². The van der Waals surface area contributed by atoms with Crippen molar-refractivity contribution in [3.63, 3.8) is 0 Å².